The number of piperidine rings is 1. The molecule has 3 atom stereocenters. The van der Waals surface area contributed by atoms with E-state index in [1.54, 1.807) is 28.6 Å². The Labute approximate surface area is 259 Å². The van der Waals surface area contributed by atoms with Gasteiger partial charge in [0.1, 0.15) is 18.5 Å². The first-order chi connectivity index (χ1) is 21.0. The number of sulfonamides is 2. The molecule has 0 amide bonds. The van der Waals surface area contributed by atoms with E-state index in [1.807, 2.05) is 37.3 Å². The van der Waals surface area contributed by atoms with Crippen molar-refractivity contribution in [3.05, 3.63) is 66.2 Å². The van der Waals surface area contributed by atoms with E-state index in [0.29, 0.717) is 54.7 Å². The van der Waals surface area contributed by atoms with Gasteiger partial charge in [0.05, 0.1) is 22.0 Å². The van der Waals surface area contributed by atoms with Crippen LogP contribution >= 0.6 is 0 Å². The third kappa shape index (κ3) is 6.67. The molecule has 3 aliphatic rings. The first-order valence-corrected chi connectivity index (χ1v) is 18.3. The number of aliphatic hydroxyl groups is 1. The van der Waals surface area contributed by atoms with Gasteiger partial charge in [-0.2, -0.15) is 4.31 Å². The van der Waals surface area contributed by atoms with Crippen LogP contribution in [0.3, 0.4) is 0 Å². The van der Waals surface area contributed by atoms with Crippen molar-refractivity contribution in [1.82, 2.24) is 9.62 Å². The zero-order chi connectivity index (χ0) is 31.1. The molecule has 238 valence electrons. The van der Waals surface area contributed by atoms with Crippen LogP contribution in [0.15, 0.2) is 70.5 Å². The molecule has 2 saturated heterocycles. The maximum atomic E-state index is 13.4. The average Bonchev–Trinajstić information content (AvgIpc) is 3.79. The first kappa shape index (κ1) is 31.4. The van der Waals surface area contributed by atoms with Crippen LogP contribution in [0, 0.1) is 5.92 Å². The summed E-state index contributed by atoms with van der Waals surface area (Å²) in [5.41, 5.74) is 0.189. The summed E-state index contributed by atoms with van der Waals surface area (Å²) in [5, 5.41) is 21.5. The van der Waals surface area contributed by atoms with Crippen LogP contribution in [0.5, 0.6) is 5.75 Å². The van der Waals surface area contributed by atoms with Gasteiger partial charge in [-0.3, -0.25) is 0 Å². The summed E-state index contributed by atoms with van der Waals surface area (Å²) in [4.78, 5) is 0.382. The van der Waals surface area contributed by atoms with Gasteiger partial charge in [0.25, 0.3) is 0 Å². The summed E-state index contributed by atoms with van der Waals surface area (Å²) in [6, 6.07) is 17.8. The second kappa shape index (κ2) is 12.3. The molecular weight excluding hydrogens is 603 g/mol. The van der Waals surface area contributed by atoms with Crippen molar-refractivity contribution in [2.45, 2.75) is 72.5 Å². The molecule has 0 aromatic heterocycles. The largest absolute Gasteiger partial charge is 0.491 e. The van der Waals surface area contributed by atoms with E-state index in [4.69, 9.17) is 14.6 Å². The number of primary sulfonamides is 1. The molecule has 3 aromatic rings. The van der Waals surface area contributed by atoms with Crippen molar-refractivity contribution >= 4 is 30.8 Å². The Kier molecular flexibility index (Phi) is 8.79. The monoisotopic (exact) mass is 643 g/mol. The van der Waals surface area contributed by atoms with E-state index in [2.05, 4.69) is 5.32 Å². The molecule has 2 heterocycles. The van der Waals surface area contributed by atoms with Gasteiger partial charge < -0.3 is 19.9 Å². The number of hydrogen-bond donors (Lipinski definition) is 3. The lowest BCUT2D eigenvalue weighted by atomic mass is 9.88. The topological polar surface area (TPSA) is 148 Å². The lowest BCUT2D eigenvalue weighted by molar-refractivity contribution is -0.0312. The van der Waals surface area contributed by atoms with Crippen molar-refractivity contribution in [3.8, 4) is 5.75 Å². The molecule has 10 nitrogen and oxygen atoms in total. The van der Waals surface area contributed by atoms with Gasteiger partial charge >= 0.3 is 0 Å². The molecule has 2 aliphatic heterocycles. The number of nitrogens with one attached hydrogen (secondary N) is 1. The number of nitrogens with two attached hydrogens (primary N) is 1. The minimum atomic E-state index is -3.92. The molecule has 12 heteroatoms. The van der Waals surface area contributed by atoms with Gasteiger partial charge in [-0.15, -0.1) is 0 Å². The Morgan fingerprint density at radius 1 is 1.05 bits per heavy atom. The number of aliphatic hydroxyl groups excluding tert-OH is 1. The molecule has 3 aromatic carbocycles. The van der Waals surface area contributed by atoms with Gasteiger partial charge in [0, 0.05) is 31.2 Å². The van der Waals surface area contributed by atoms with Gasteiger partial charge in [-0.25, -0.2) is 22.0 Å². The Morgan fingerprint density at radius 3 is 2.48 bits per heavy atom. The quantitative estimate of drug-likeness (QED) is 0.288. The van der Waals surface area contributed by atoms with Crippen molar-refractivity contribution < 1.29 is 31.4 Å². The molecule has 0 radical (unpaired) electrons. The van der Waals surface area contributed by atoms with Crippen LogP contribution < -0.4 is 15.2 Å². The highest BCUT2D eigenvalue weighted by molar-refractivity contribution is 7.89. The van der Waals surface area contributed by atoms with E-state index in [9.17, 15) is 21.9 Å². The first-order valence-electron chi connectivity index (χ1n) is 15.3. The zero-order valence-corrected chi connectivity index (χ0v) is 26.5. The third-order valence-corrected chi connectivity index (χ3v) is 12.3. The molecule has 1 saturated carbocycles. The lowest BCUT2D eigenvalue weighted by Crippen LogP contribution is -2.47. The minimum absolute atomic E-state index is 0.00816. The summed E-state index contributed by atoms with van der Waals surface area (Å²) >= 11 is 0. The minimum Gasteiger partial charge on any atom is -0.491 e. The van der Waals surface area contributed by atoms with Gasteiger partial charge in [-0.05, 0) is 79.0 Å². The fourth-order valence-corrected chi connectivity index (χ4v) is 9.00. The fraction of sp³-hybridized carbons (Fsp3) is 0.500. The van der Waals surface area contributed by atoms with E-state index in [-0.39, 0.29) is 30.0 Å². The SMILES string of the molecule is C[C@@H](c1c(OC[C@@H](O)CNC2COC3(CCN(S(=O)(=O)c4ccc5ccccc5c4)CC3)C2)cccc1S(N)(=O)=O)C1CC1. The molecule has 0 bridgehead atoms. The van der Waals surface area contributed by atoms with Crippen LogP contribution in [0.2, 0.25) is 0 Å². The molecule has 1 spiro atoms. The van der Waals surface area contributed by atoms with Crippen LogP contribution in [-0.4, -0.2) is 76.8 Å². The summed E-state index contributed by atoms with van der Waals surface area (Å²) in [6.45, 7) is 3.51. The van der Waals surface area contributed by atoms with E-state index in [1.165, 1.54) is 6.07 Å². The summed E-state index contributed by atoms with van der Waals surface area (Å²) in [7, 11) is -7.53. The predicted octanol–water partition coefficient (Wildman–Crippen LogP) is 3.34. The molecule has 1 unspecified atom stereocenters. The fourth-order valence-electron chi connectivity index (χ4n) is 6.66. The molecule has 4 N–H and O–H groups in total. The Morgan fingerprint density at radius 2 is 1.77 bits per heavy atom. The summed E-state index contributed by atoms with van der Waals surface area (Å²) in [6.07, 6.45) is 3.18. The molecular formula is C32H41N3O7S2. The third-order valence-electron chi connectivity index (χ3n) is 9.39. The predicted molar refractivity (Wildman–Crippen MR) is 167 cm³/mol. The van der Waals surface area contributed by atoms with E-state index in [0.717, 1.165) is 30.0 Å². The maximum Gasteiger partial charge on any atom is 0.243 e. The highest BCUT2D eigenvalue weighted by atomic mass is 32.2. The number of rotatable bonds is 11. The van der Waals surface area contributed by atoms with Gasteiger partial charge in [-0.1, -0.05) is 43.3 Å². The second-order valence-electron chi connectivity index (χ2n) is 12.5. The second-order valence-corrected chi connectivity index (χ2v) is 16.0. The molecule has 3 fully saturated rings. The molecule has 6 rings (SSSR count). The smallest absolute Gasteiger partial charge is 0.243 e. The van der Waals surface area contributed by atoms with Crippen molar-refractivity contribution in [2.75, 3.05) is 32.8 Å². The van der Waals surface area contributed by atoms with Crippen LogP contribution in [0.1, 0.15) is 50.5 Å². The maximum absolute atomic E-state index is 13.4. The standard InChI is InChI=1S/C32H41N3O7S2/c1-22(23-9-10-23)31-29(7-4-8-30(31)43(33,37)38)41-21-27(36)19-34-26-18-32(42-20-26)13-15-35(16-14-32)44(39,40)28-12-11-24-5-2-3-6-25(24)17-28/h2-8,11-12,17,22-23,26-27,34,36H,9-10,13-16,18-21H2,1H3,(H2,33,37,38)/t22-,26?,27+/m1/s1. The Hall–Kier alpha value is -2.58. The average molecular weight is 644 g/mol. The highest BCUT2D eigenvalue weighted by Gasteiger charge is 2.45. The number of ether oxygens (including phenoxy) is 2. The van der Waals surface area contributed by atoms with E-state index >= 15 is 0 Å². The van der Waals surface area contributed by atoms with Gasteiger partial charge in [0.2, 0.25) is 20.0 Å². The Bertz CT molecular complexity index is 1720. The summed E-state index contributed by atoms with van der Waals surface area (Å²) in [5.74, 6) is 0.811. The van der Waals surface area contributed by atoms with Gasteiger partial charge in [0.15, 0.2) is 0 Å². The van der Waals surface area contributed by atoms with Crippen LogP contribution in [0.25, 0.3) is 10.8 Å². The molecule has 44 heavy (non-hydrogen) atoms. The van der Waals surface area contributed by atoms with Crippen molar-refractivity contribution in [1.29, 1.82) is 0 Å². The number of fused-ring (bicyclic) bond motifs is 1. The van der Waals surface area contributed by atoms with E-state index < -0.39 is 31.8 Å². The Balaban J connectivity index is 1.00. The van der Waals surface area contributed by atoms with Crippen LogP contribution in [-0.2, 0) is 24.8 Å². The number of benzene rings is 3. The lowest BCUT2D eigenvalue weighted by Gasteiger charge is -2.38. The normalized spacial score (nSPS) is 22.3. The summed E-state index contributed by atoms with van der Waals surface area (Å²) < 4.78 is 65.1. The number of nitrogens with zero attached hydrogens (tertiary/aromatic N) is 1. The zero-order valence-electron chi connectivity index (χ0n) is 24.9. The molecule has 1 aliphatic carbocycles. The highest BCUT2D eigenvalue weighted by Crippen LogP contribution is 2.47. The van der Waals surface area contributed by atoms with Crippen LogP contribution in [0.4, 0.5) is 0 Å². The van der Waals surface area contributed by atoms with Crippen molar-refractivity contribution in [3.63, 3.8) is 0 Å². The number of hydrogen-bond acceptors (Lipinski definition) is 8. The van der Waals surface area contributed by atoms with Crippen molar-refractivity contribution in [2.24, 2.45) is 11.1 Å².